The highest BCUT2D eigenvalue weighted by atomic mass is 32.2. The summed E-state index contributed by atoms with van der Waals surface area (Å²) in [4.78, 5) is 15.7. The van der Waals surface area contributed by atoms with Crippen molar-refractivity contribution in [2.75, 3.05) is 46.0 Å². The van der Waals surface area contributed by atoms with Crippen molar-refractivity contribution in [3.63, 3.8) is 0 Å². The number of carbonyl (C=O) groups is 1. The highest BCUT2D eigenvalue weighted by Gasteiger charge is 2.22. The normalized spacial score (nSPS) is 20.9. The number of rotatable bonds is 6. The van der Waals surface area contributed by atoms with E-state index in [1.54, 1.807) is 0 Å². The van der Waals surface area contributed by atoms with Crippen LogP contribution in [0.5, 0.6) is 0 Å². The van der Waals surface area contributed by atoms with E-state index in [9.17, 15) is 4.79 Å². The molecule has 0 aromatic rings. The monoisotopic (exact) mass is 259 g/mol. The SMILES string of the molecule is CN(C)CCCSC1CCCN(C(=O)CN)C1. The van der Waals surface area contributed by atoms with Gasteiger partial charge in [-0.25, -0.2) is 0 Å². The van der Waals surface area contributed by atoms with Crippen LogP contribution in [0.3, 0.4) is 0 Å². The molecule has 0 aromatic carbocycles. The molecular weight excluding hydrogens is 234 g/mol. The molecule has 1 saturated heterocycles. The second-order valence-electron chi connectivity index (χ2n) is 4.84. The van der Waals surface area contributed by atoms with Crippen molar-refractivity contribution in [3.05, 3.63) is 0 Å². The van der Waals surface area contributed by atoms with Gasteiger partial charge in [-0.05, 0) is 45.7 Å². The van der Waals surface area contributed by atoms with E-state index in [1.165, 1.54) is 18.6 Å². The Kier molecular flexibility index (Phi) is 6.92. The van der Waals surface area contributed by atoms with E-state index in [4.69, 9.17) is 5.73 Å². The van der Waals surface area contributed by atoms with Crippen LogP contribution in [0, 0.1) is 0 Å². The van der Waals surface area contributed by atoms with Gasteiger partial charge in [0.1, 0.15) is 0 Å². The van der Waals surface area contributed by atoms with Crippen molar-refractivity contribution < 1.29 is 4.79 Å². The Morgan fingerprint density at radius 3 is 2.94 bits per heavy atom. The van der Waals surface area contributed by atoms with Crippen LogP contribution in [0.4, 0.5) is 0 Å². The van der Waals surface area contributed by atoms with Gasteiger partial charge in [0.05, 0.1) is 6.54 Å². The summed E-state index contributed by atoms with van der Waals surface area (Å²) in [6.45, 7) is 3.08. The van der Waals surface area contributed by atoms with E-state index in [2.05, 4.69) is 19.0 Å². The van der Waals surface area contributed by atoms with Crippen LogP contribution in [0.25, 0.3) is 0 Å². The number of thioether (sulfide) groups is 1. The van der Waals surface area contributed by atoms with Crippen LogP contribution in [0.2, 0.25) is 0 Å². The van der Waals surface area contributed by atoms with Crippen molar-refractivity contribution in [1.29, 1.82) is 0 Å². The number of likely N-dealkylation sites (tertiary alicyclic amines) is 1. The fourth-order valence-electron chi connectivity index (χ4n) is 2.06. The summed E-state index contributed by atoms with van der Waals surface area (Å²) in [6, 6.07) is 0. The second kappa shape index (κ2) is 7.95. The van der Waals surface area contributed by atoms with Crippen molar-refractivity contribution in [2.24, 2.45) is 5.73 Å². The average molecular weight is 259 g/mol. The Hall–Kier alpha value is -0.260. The summed E-state index contributed by atoms with van der Waals surface area (Å²) in [5.41, 5.74) is 5.40. The Bertz CT molecular complexity index is 236. The number of piperidine rings is 1. The van der Waals surface area contributed by atoms with Crippen LogP contribution in [0.15, 0.2) is 0 Å². The maximum atomic E-state index is 11.5. The Morgan fingerprint density at radius 1 is 1.53 bits per heavy atom. The number of hydrogen-bond donors (Lipinski definition) is 1. The first-order valence-corrected chi connectivity index (χ1v) is 7.42. The number of carbonyl (C=O) groups excluding carboxylic acids is 1. The number of amides is 1. The highest BCUT2D eigenvalue weighted by molar-refractivity contribution is 7.99. The summed E-state index contributed by atoms with van der Waals surface area (Å²) in [5, 5.41) is 0.612. The van der Waals surface area contributed by atoms with E-state index in [0.29, 0.717) is 5.25 Å². The molecule has 1 fully saturated rings. The molecule has 17 heavy (non-hydrogen) atoms. The van der Waals surface area contributed by atoms with Gasteiger partial charge in [0.25, 0.3) is 0 Å². The lowest BCUT2D eigenvalue weighted by Gasteiger charge is -2.32. The van der Waals surface area contributed by atoms with E-state index in [0.717, 1.165) is 26.1 Å². The minimum absolute atomic E-state index is 0.101. The maximum Gasteiger partial charge on any atom is 0.236 e. The van der Waals surface area contributed by atoms with Crippen LogP contribution >= 0.6 is 11.8 Å². The predicted octanol–water partition coefficient (Wildman–Crippen LogP) is 0.621. The minimum atomic E-state index is 0.101. The maximum absolute atomic E-state index is 11.5. The first kappa shape index (κ1) is 14.8. The average Bonchev–Trinajstić information content (AvgIpc) is 2.34. The fraction of sp³-hybridized carbons (Fsp3) is 0.917. The van der Waals surface area contributed by atoms with Crippen molar-refractivity contribution in [3.8, 4) is 0 Å². The third-order valence-electron chi connectivity index (χ3n) is 3.01. The molecule has 5 heteroatoms. The van der Waals surface area contributed by atoms with E-state index >= 15 is 0 Å². The summed E-state index contributed by atoms with van der Waals surface area (Å²) in [7, 11) is 4.21. The molecule has 0 saturated carbocycles. The van der Waals surface area contributed by atoms with Gasteiger partial charge >= 0.3 is 0 Å². The minimum Gasteiger partial charge on any atom is -0.340 e. The zero-order chi connectivity index (χ0) is 12.7. The van der Waals surface area contributed by atoms with Crippen LogP contribution < -0.4 is 5.73 Å². The molecule has 0 aromatic heterocycles. The molecule has 0 spiro atoms. The first-order chi connectivity index (χ1) is 8.13. The summed E-state index contributed by atoms with van der Waals surface area (Å²) in [6.07, 6.45) is 3.58. The molecule has 1 heterocycles. The number of nitrogens with zero attached hydrogens (tertiary/aromatic N) is 2. The highest BCUT2D eigenvalue weighted by Crippen LogP contribution is 2.23. The molecule has 1 rings (SSSR count). The zero-order valence-electron chi connectivity index (χ0n) is 11.0. The number of nitrogens with two attached hydrogens (primary N) is 1. The smallest absolute Gasteiger partial charge is 0.236 e. The van der Waals surface area contributed by atoms with Gasteiger partial charge in [-0.3, -0.25) is 4.79 Å². The van der Waals surface area contributed by atoms with Gasteiger partial charge < -0.3 is 15.5 Å². The zero-order valence-corrected chi connectivity index (χ0v) is 11.8. The molecule has 1 aliphatic rings. The van der Waals surface area contributed by atoms with Crippen molar-refractivity contribution in [1.82, 2.24) is 9.80 Å². The molecule has 2 N–H and O–H groups in total. The summed E-state index contributed by atoms with van der Waals surface area (Å²) < 4.78 is 0. The molecule has 1 unspecified atom stereocenters. The van der Waals surface area contributed by atoms with Gasteiger partial charge in [-0.2, -0.15) is 11.8 Å². The quantitative estimate of drug-likeness (QED) is 0.711. The van der Waals surface area contributed by atoms with Gasteiger partial charge in [0, 0.05) is 18.3 Å². The molecule has 4 nitrogen and oxygen atoms in total. The van der Waals surface area contributed by atoms with Crippen molar-refractivity contribution in [2.45, 2.75) is 24.5 Å². The second-order valence-corrected chi connectivity index (χ2v) is 6.24. The lowest BCUT2D eigenvalue weighted by Crippen LogP contribution is -2.44. The molecule has 0 aliphatic carbocycles. The molecule has 1 amide bonds. The fourth-order valence-corrected chi connectivity index (χ4v) is 3.31. The van der Waals surface area contributed by atoms with Crippen LogP contribution in [0.1, 0.15) is 19.3 Å². The van der Waals surface area contributed by atoms with E-state index in [-0.39, 0.29) is 12.5 Å². The molecular formula is C12H25N3OS. The van der Waals surface area contributed by atoms with Gasteiger partial charge in [0.15, 0.2) is 0 Å². The van der Waals surface area contributed by atoms with Crippen LogP contribution in [-0.2, 0) is 4.79 Å². The first-order valence-electron chi connectivity index (χ1n) is 6.37. The Morgan fingerprint density at radius 2 is 2.29 bits per heavy atom. The largest absolute Gasteiger partial charge is 0.340 e. The summed E-state index contributed by atoms with van der Waals surface area (Å²) in [5.74, 6) is 1.29. The van der Waals surface area contributed by atoms with Crippen molar-refractivity contribution >= 4 is 17.7 Å². The van der Waals surface area contributed by atoms with E-state index < -0.39 is 0 Å². The third kappa shape index (κ3) is 5.75. The molecule has 100 valence electrons. The van der Waals surface area contributed by atoms with Gasteiger partial charge in [-0.1, -0.05) is 0 Å². The third-order valence-corrected chi connectivity index (χ3v) is 4.39. The lowest BCUT2D eigenvalue weighted by atomic mass is 10.1. The predicted molar refractivity (Wildman–Crippen MR) is 74.3 cm³/mol. The lowest BCUT2D eigenvalue weighted by molar-refractivity contribution is -0.130. The summed E-state index contributed by atoms with van der Waals surface area (Å²) >= 11 is 2.01. The Labute approximate surface area is 109 Å². The van der Waals surface area contributed by atoms with Crippen LogP contribution in [-0.4, -0.2) is 67.0 Å². The van der Waals surface area contributed by atoms with Gasteiger partial charge in [-0.15, -0.1) is 0 Å². The molecule has 1 aliphatic heterocycles. The standard InChI is InChI=1S/C12H25N3OS/c1-14(2)6-4-8-17-11-5-3-7-15(10-11)12(16)9-13/h11H,3-10,13H2,1-2H3. The number of hydrogen-bond acceptors (Lipinski definition) is 4. The molecule has 0 radical (unpaired) electrons. The molecule has 1 atom stereocenters. The topological polar surface area (TPSA) is 49.6 Å². The van der Waals surface area contributed by atoms with Gasteiger partial charge in [0.2, 0.25) is 5.91 Å². The van der Waals surface area contributed by atoms with E-state index in [1.807, 2.05) is 16.7 Å². The molecule has 0 bridgehead atoms. The Balaban J connectivity index is 2.18.